The molecule has 0 radical (unpaired) electrons. The summed E-state index contributed by atoms with van der Waals surface area (Å²) in [4.78, 5) is 6.03. The molecule has 1 fully saturated rings. The molecule has 1 aliphatic carbocycles. The van der Waals surface area contributed by atoms with E-state index in [0.717, 1.165) is 19.3 Å². The summed E-state index contributed by atoms with van der Waals surface area (Å²) in [5.74, 6) is 0. The number of aromatic nitrogens is 1. The topological polar surface area (TPSA) is 53.5 Å². The number of halogens is 1. The number of nitrogens with zero attached hydrogens (tertiary/aromatic N) is 3. The van der Waals surface area contributed by atoms with Crippen molar-refractivity contribution in [2.45, 2.75) is 29.7 Å². The Balaban J connectivity index is 2.24. The van der Waals surface area contributed by atoms with E-state index >= 15 is 0 Å². The van der Waals surface area contributed by atoms with Crippen LogP contribution in [0, 0.1) is 0 Å². The normalized spacial score (nSPS) is 18.3. The zero-order valence-corrected chi connectivity index (χ0v) is 13.6. The highest BCUT2D eigenvalue weighted by Gasteiger charge is 2.42. The highest BCUT2D eigenvalue weighted by Crippen LogP contribution is 2.37. The number of hydrogen-bond acceptors (Lipinski definition) is 4. The van der Waals surface area contributed by atoms with E-state index in [1.807, 2.05) is 14.1 Å². The summed E-state index contributed by atoms with van der Waals surface area (Å²) >= 11 is 5.91. The Labute approximate surface area is 125 Å². The maximum absolute atomic E-state index is 12.6. The van der Waals surface area contributed by atoms with Gasteiger partial charge in [-0.05, 0) is 45.5 Å². The Morgan fingerprint density at radius 3 is 2.45 bits per heavy atom. The van der Waals surface area contributed by atoms with Crippen molar-refractivity contribution >= 4 is 21.6 Å². The first kappa shape index (κ1) is 15.7. The van der Waals surface area contributed by atoms with E-state index < -0.39 is 10.0 Å². The number of rotatable bonds is 5. The van der Waals surface area contributed by atoms with Crippen LogP contribution in [0.25, 0.3) is 0 Å². The molecule has 0 bridgehead atoms. The summed E-state index contributed by atoms with van der Waals surface area (Å²) in [6, 6.07) is 3.07. The third kappa shape index (κ3) is 2.70. The lowest BCUT2D eigenvalue weighted by Gasteiger charge is -2.48. The van der Waals surface area contributed by atoms with Crippen LogP contribution in [-0.4, -0.2) is 55.8 Å². The standard InChI is InChI=1S/C13H20ClN3O2S/c1-16(2)13(7-5-8-13)10-17(3)20(18,19)11-6-4-9-15-12(11)14/h4,6,9H,5,7-8,10H2,1-3H3. The zero-order valence-electron chi connectivity index (χ0n) is 12.0. The Kier molecular flexibility index (Phi) is 4.39. The van der Waals surface area contributed by atoms with Gasteiger partial charge in [-0.3, -0.25) is 0 Å². The fourth-order valence-electron chi connectivity index (χ4n) is 2.56. The lowest BCUT2D eigenvalue weighted by molar-refractivity contribution is 0.0455. The fraction of sp³-hybridized carbons (Fsp3) is 0.615. The van der Waals surface area contributed by atoms with Crippen LogP contribution in [0.1, 0.15) is 19.3 Å². The number of sulfonamides is 1. The quantitative estimate of drug-likeness (QED) is 0.778. The second kappa shape index (κ2) is 5.60. The highest BCUT2D eigenvalue weighted by molar-refractivity contribution is 7.89. The van der Waals surface area contributed by atoms with Gasteiger partial charge in [0.15, 0.2) is 0 Å². The number of likely N-dealkylation sites (N-methyl/N-ethyl adjacent to an activating group) is 2. The minimum atomic E-state index is -3.60. The van der Waals surface area contributed by atoms with E-state index in [2.05, 4.69) is 9.88 Å². The zero-order chi connectivity index (χ0) is 15.0. The molecule has 1 aliphatic rings. The molecule has 5 nitrogen and oxygen atoms in total. The molecule has 1 aromatic heterocycles. The lowest BCUT2D eigenvalue weighted by Crippen LogP contribution is -2.57. The largest absolute Gasteiger partial charge is 0.302 e. The molecule has 0 aromatic carbocycles. The van der Waals surface area contributed by atoms with Gasteiger partial charge in [-0.1, -0.05) is 11.6 Å². The first-order chi connectivity index (χ1) is 9.29. The molecule has 1 saturated carbocycles. The molecule has 0 saturated heterocycles. The summed E-state index contributed by atoms with van der Waals surface area (Å²) < 4.78 is 26.5. The molecule has 112 valence electrons. The molecule has 0 aliphatic heterocycles. The van der Waals surface area contributed by atoms with Crippen molar-refractivity contribution in [3.8, 4) is 0 Å². The first-order valence-electron chi connectivity index (χ1n) is 6.54. The van der Waals surface area contributed by atoms with Gasteiger partial charge in [-0.2, -0.15) is 4.31 Å². The van der Waals surface area contributed by atoms with E-state index in [1.54, 1.807) is 13.1 Å². The summed E-state index contributed by atoms with van der Waals surface area (Å²) in [5.41, 5.74) is -0.0590. The predicted molar refractivity (Wildman–Crippen MR) is 79.3 cm³/mol. The fourth-order valence-corrected chi connectivity index (χ4v) is 4.24. The van der Waals surface area contributed by atoms with Crippen molar-refractivity contribution in [2.75, 3.05) is 27.7 Å². The molecule has 1 aromatic rings. The third-order valence-corrected chi connectivity index (χ3v) is 6.41. The van der Waals surface area contributed by atoms with Crippen LogP contribution in [0.4, 0.5) is 0 Å². The molecule has 2 rings (SSSR count). The van der Waals surface area contributed by atoms with Crippen LogP contribution in [0.15, 0.2) is 23.2 Å². The monoisotopic (exact) mass is 317 g/mol. The van der Waals surface area contributed by atoms with Gasteiger partial charge in [-0.15, -0.1) is 0 Å². The molecule has 1 heterocycles. The highest BCUT2D eigenvalue weighted by atomic mass is 35.5. The third-order valence-electron chi connectivity index (χ3n) is 4.16. The van der Waals surface area contributed by atoms with Gasteiger partial charge in [0.2, 0.25) is 10.0 Å². The number of pyridine rings is 1. The maximum atomic E-state index is 12.6. The van der Waals surface area contributed by atoms with Crippen molar-refractivity contribution < 1.29 is 8.42 Å². The lowest BCUT2D eigenvalue weighted by atomic mass is 9.75. The van der Waals surface area contributed by atoms with Crippen LogP contribution in [-0.2, 0) is 10.0 Å². The minimum absolute atomic E-state index is 0.0202. The Morgan fingerprint density at radius 1 is 1.35 bits per heavy atom. The molecule has 0 unspecified atom stereocenters. The average molecular weight is 318 g/mol. The van der Waals surface area contributed by atoms with Gasteiger partial charge in [0, 0.05) is 25.3 Å². The second-order valence-corrected chi connectivity index (χ2v) is 7.90. The van der Waals surface area contributed by atoms with Crippen molar-refractivity contribution in [3.05, 3.63) is 23.5 Å². The van der Waals surface area contributed by atoms with Crippen LogP contribution in [0.2, 0.25) is 5.15 Å². The minimum Gasteiger partial charge on any atom is -0.302 e. The van der Waals surface area contributed by atoms with Gasteiger partial charge < -0.3 is 4.90 Å². The molecular weight excluding hydrogens is 298 g/mol. The van der Waals surface area contributed by atoms with Crippen LogP contribution < -0.4 is 0 Å². The average Bonchev–Trinajstić information content (AvgIpc) is 2.33. The van der Waals surface area contributed by atoms with E-state index in [4.69, 9.17) is 11.6 Å². The van der Waals surface area contributed by atoms with Gasteiger partial charge >= 0.3 is 0 Å². The van der Waals surface area contributed by atoms with Gasteiger partial charge in [0.25, 0.3) is 0 Å². The van der Waals surface area contributed by atoms with Gasteiger partial charge in [-0.25, -0.2) is 13.4 Å². The van der Waals surface area contributed by atoms with Crippen molar-refractivity contribution in [3.63, 3.8) is 0 Å². The van der Waals surface area contributed by atoms with Gasteiger partial charge in [0.1, 0.15) is 10.0 Å². The van der Waals surface area contributed by atoms with E-state index in [-0.39, 0.29) is 15.6 Å². The second-order valence-electron chi connectivity index (χ2n) is 5.53. The van der Waals surface area contributed by atoms with Crippen LogP contribution >= 0.6 is 11.6 Å². The van der Waals surface area contributed by atoms with E-state index in [9.17, 15) is 8.42 Å². The summed E-state index contributed by atoms with van der Waals surface area (Å²) in [6.45, 7) is 0.466. The number of hydrogen-bond donors (Lipinski definition) is 0. The van der Waals surface area contributed by atoms with Crippen LogP contribution in [0.3, 0.4) is 0 Å². The molecule has 0 spiro atoms. The molecule has 20 heavy (non-hydrogen) atoms. The van der Waals surface area contributed by atoms with Crippen molar-refractivity contribution in [1.82, 2.24) is 14.2 Å². The molecule has 0 N–H and O–H groups in total. The van der Waals surface area contributed by atoms with E-state index in [0.29, 0.717) is 6.54 Å². The SMILES string of the molecule is CN(C)C1(CN(C)S(=O)(=O)c2cccnc2Cl)CCC1. The van der Waals surface area contributed by atoms with Crippen molar-refractivity contribution in [2.24, 2.45) is 0 Å². The summed E-state index contributed by atoms with van der Waals surface area (Å²) in [7, 11) is 1.99. The molecular formula is C13H20ClN3O2S. The first-order valence-corrected chi connectivity index (χ1v) is 8.36. The predicted octanol–water partition coefficient (Wildman–Crippen LogP) is 1.84. The Morgan fingerprint density at radius 2 is 2.00 bits per heavy atom. The maximum Gasteiger partial charge on any atom is 0.245 e. The molecule has 7 heteroatoms. The summed E-state index contributed by atoms with van der Waals surface area (Å²) in [5, 5.41) is 0.0202. The van der Waals surface area contributed by atoms with E-state index in [1.165, 1.54) is 16.6 Å². The van der Waals surface area contributed by atoms with Gasteiger partial charge in [0.05, 0.1) is 0 Å². The molecule has 0 atom stereocenters. The van der Waals surface area contributed by atoms with Crippen molar-refractivity contribution in [1.29, 1.82) is 0 Å². The Bertz CT molecular complexity index is 585. The van der Waals surface area contributed by atoms with Crippen LogP contribution in [0.5, 0.6) is 0 Å². The summed E-state index contributed by atoms with van der Waals surface area (Å²) in [6.07, 6.45) is 4.65. The molecule has 0 amide bonds. The smallest absolute Gasteiger partial charge is 0.245 e. The Hall–Kier alpha value is -0.690.